The number of benzene rings is 8. The third-order valence-corrected chi connectivity index (χ3v) is 9.24. The maximum atomic E-state index is 2.41. The molecule has 1 nitrogen and oxygen atoms in total. The van der Waals surface area contributed by atoms with Crippen LogP contribution in [0.25, 0.3) is 81.7 Å². The van der Waals surface area contributed by atoms with Crippen LogP contribution in [0, 0.1) is 13.8 Å². The number of nitrogens with zero attached hydrogens (tertiary/aromatic N) is 1. The Labute approximate surface area is 250 Å². The lowest BCUT2D eigenvalue weighted by Crippen LogP contribution is -1.94. The molecule has 0 unspecified atom stereocenters. The molecule has 0 saturated heterocycles. The first-order chi connectivity index (χ1) is 21.2. The number of para-hydroxylation sites is 2. The minimum atomic E-state index is 1.17. The van der Waals surface area contributed by atoms with Gasteiger partial charge in [-0.2, -0.15) is 0 Å². The van der Waals surface area contributed by atoms with Crippen molar-refractivity contribution in [1.29, 1.82) is 0 Å². The molecule has 0 bridgehead atoms. The number of fused-ring (bicyclic) bond motifs is 10. The molecule has 0 aliphatic carbocycles. The van der Waals surface area contributed by atoms with Gasteiger partial charge in [0.2, 0.25) is 0 Å². The summed E-state index contributed by atoms with van der Waals surface area (Å²) in [6, 6.07) is 51.8. The van der Waals surface area contributed by atoms with Crippen LogP contribution in [-0.2, 0) is 0 Å². The number of aryl methyl sites for hydroxylation is 2. The Hall–Kier alpha value is -5.40. The van der Waals surface area contributed by atoms with E-state index in [2.05, 4.69) is 158 Å². The lowest BCUT2D eigenvalue weighted by molar-refractivity contribution is 1.18. The summed E-state index contributed by atoms with van der Waals surface area (Å²) in [5.41, 5.74) is 8.74. The molecule has 0 spiro atoms. The van der Waals surface area contributed by atoms with Gasteiger partial charge in [0.25, 0.3) is 0 Å². The van der Waals surface area contributed by atoms with Crippen molar-refractivity contribution in [3.8, 4) is 16.8 Å². The Balaban J connectivity index is 1.38. The van der Waals surface area contributed by atoms with Crippen molar-refractivity contribution >= 4 is 64.9 Å². The maximum absolute atomic E-state index is 2.41. The number of hydrogen-bond acceptors (Lipinski definition) is 0. The van der Waals surface area contributed by atoms with Crippen molar-refractivity contribution in [2.24, 2.45) is 0 Å². The SMILES string of the molecule is Cc1ccc2c3ccc(C)cc3c3c(-c4ccc(-n5c6ccccc6c6ccccc65)cc4)c4ccccc4cc3c2c1. The molecule has 0 N–H and O–H groups in total. The third-order valence-electron chi connectivity index (χ3n) is 9.24. The summed E-state index contributed by atoms with van der Waals surface area (Å²) in [6.45, 7) is 4.39. The number of aromatic nitrogens is 1. The van der Waals surface area contributed by atoms with Crippen molar-refractivity contribution in [3.63, 3.8) is 0 Å². The molecule has 202 valence electrons. The van der Waals surface area contributed by atoms with Gasteiger partial charge in [-0.05, 0) is 98.4 Å². The molecule has 0 atom stereocenters. The molecular formula is C42H29N. The highest BCUT2D eigenvalue weighted by atomic mass is 15.0. The highest BCUT2D eigenvalue weighted by Gasteiger charge is 2.18. The van der Waals surface area contributed by atoms with Crippen molar-refractivity contribution in [2.45, 2.75) is 13.8 Å². The van der Waals surface area contributed by atoms with E-state index in [9.17, 15) is 0 Å². The van der Waals surface area contributed by atoms with Gasteiger partial charge in [0.1, 0.15) is 0 Å². The quantitative estimate of drug-likeness (QED) is 0.150. The summed E-state index contributed by atoms with van der Waals surface area (Å²) in [4.78, 5) is 0. The highest BCUT2D eigenvalue weighted by molar-refractivity contribution is 6.32. The average molecular weight is 548 g/mol. The summed E-state index contributed by atoms with van der Waals surface area (Å²) < 4.78 is 2.39. The zero-order chi connectivity index (χ0) is 28.7. The predicted molar refractivity (Wildman–Crippen MR) is 186 cm³/mol. The molecule has 1 aromatic heterocycles. The van der Waals surface area contributed by atoms with Crippen LogP contribution in [0.3, 0.4) is 0 Å². The van der Waals surface area contributed by atoms with Crippen molar-refractivity contribution in [3.05, 3.63) is 151 Å². The van der Waals surface area contributed by atoms with E-state index >= 15 is 0 Å². The van der Waals surface area contributed by atoms with Crippen LogP contribution in [-0.4, -0.2) is 4.57 Å². The van der Waals surface area contributed by atoms with E-state index in [1.165, 1.54) is 92.8 Å². The van der Waals surface area contributed by atoms with Gasteiger partial charge in [0.15, 0.2) is 0 Å². The molecule has 8 aromatic carbocycles. The van der Waals surface area contributed by atoms with E-state index in [4.69, 9.17) is 0 Å². The van der Waals surface area contributed by atoms with Crippen LogP contribution in [0.5, 0.6) is 0 Å². The zero-order valence-corrected chi connectivity index (χ0v) is 24.2. The molecule has 1 heteroatoms. The van der Waals surface area contributed by atoms with Gasteiger partial charge in [0.05, 0.1) is 11.0 Å². The van der Waals surface area contributed by atoms with Crippen LogP contribution in [0.15, 0.2) is 140 Å². The summed E-state index contributed by atoms with van der Waals surface area (Å²) in [6.07, 6.45) is 0. The first kappa shape index (κ1) is 24.2. The number of rotatable bonds is 2. The Morgan fingerprint density at radius 1 is 0.395 bits per heavy atom. The summed E-state index contributed by atoms with van der Waals surface area (Å²) >= 11 is 0. The first-order valence-electron chi connectivity index (χ1n) is 15.0. The summed E-state index contributed by atoms with van der Waals surface area (Å²) in [5.74, 6) is 0. The van der Waals surface area contributed by atoms with E-state index in [1.54, 1.807) is 0 Å². The molecule has 43 heavy (non-hydrogen) atoms. The molecule has 0 aliphatic rings. The Kier molecular flexibility index (Phi) is 5.10. The molecular weight excluding hydrogens is 518 g/mol. The van der Waals surface area contributed by atoms with Gasteiger partial charge in [-0.25, -0.2) is 0 Å². The second-order valence-electron chi connectivity index (χ2n) is 11.9. The molecule has 9 aromatic rings. The van der Waals surface area contributed by atoms with Crippen molar-refractivity contribution in [1.82, 2.24) is 4.57 Å². The summed E-state index contributed by atoms with van der Waals surface area (Å²) in [5, 5.41) is 13.0. The smallest absolute Gasteiger partial charge is 0.0541 e. The van der Waals surface area contributed by atoms with E-state index < -0.39 is 0 Å². The molecule has 0 amide bonds. The van der Waals surface area contributed by atoms with E-state index in [-0.39, 0.29) is 0 Å². The van der Waals surface area contributed by atoms with Gasteiger partial charge in [-0.15, -0.1) is 0 Å². The van der Waals surface area contributed by atoms with Crippen LogP contribution in [0.4, 0.5) is 0 Å². The second kappa shape index (κ2) is 9.05. The first-order valence-corrected chi connectivity index (χ1v) is 15.0. The van der Waals surface area contributed by atoms with Gasteiger partial charge >= 0.3 is 0 Å². The van der Waals surface area contributed by atoms with Gasteiger partial charge in [-0.3, -0.25) is 0 Å². The molecule has 0 saturated carbocycles. The summed E-state index contributed by atoms with van der Waals surface area (Å²) in [7, 11) is 0. The molecule has 0 fully saturated rings. The minimum Gasteiger partial charge on any atom is -0.309 e. The number of hydrogen-bond donors (Lipinski definition) is 0. The Morgan fingerprint density at radius 3 is 1.60 bits per heavy atom. The largest absolute Gasteiger partial charge is 0.309 e. The maximum Gasteiger partial charge on any atom is 0.0541 e. The third kappa shape index (κ3) is 3.52. The van der Waals surface area contributed by atoms with Crippen LogP contribution < -0.4 is 0 Å². The second-order valence-corrected chi connectivity index (χ2v) is 11.9. The lowest BCUT2D eigenvalue weighted by atomic mass is 9.85. The topological polar surface area (TPSA) is 4.93 Å². The fraction of sp³-hybridized carbons (Fsp3) is 0.0476. The van der Waals surface area contributed by atoms with Crippen LogP contribution in [0.1, 0.15) is 11.1 Å². The molecule has 9 rings (SSSR count). The van der Waals surface area contributed by atoms with E-state index in [0.717, 1.165) is 0 Å². The van der Waals surface area contributed by atoms with E-state index in [0.29, 0.717) is 0 Å². The van der Waals surface area contributed by atoms with Gasteiger partial charge in [0, 0.05) is 16.5 Å². The Bertz CT molecular complexity index is 2510. The molecule has 1 heterocycles. The fourth-order valence-corrected chi connectivity index (χ4v) is 7.33. The van der Waals surface area contributed by atoms with Gasteiger partial charge < -0.3 is 4.57 Å². The highest BCUT2D eigenvalue weighted by Crippen LogP contribution is 2.45. The van der Waals surface area contributed by atoms with Crippen LogP contribution in [0.2, 0.25) is 0 Å². The van der Waals surface area contributed by atoms with E-state index in [1.807, 2.05) is 0 Å². The molecule has 0 aliphatic heterocycles. The zero-order valence-electron chi connectivity index (χ0n) is 24.2. The predicted octanol–water partition coefficient (Wildman–Crippen LogP) is 11.7. The minimum absolute atomic E-state index is 1.17. The van der Waals surface area contributed by atoms with Gasteiger partial charge in [-0.1, -0.05) is 120 Å². The van der Waals surface area contributed by atoms with Crippen molar-refractivity contribution in [2.75, 3.05) is 0 Å². The fourth-order valence-electron chi connectivity index (χ4n) is 7.33. The standard InChI is InChI=1S/C42H29N/c1-26-15-21-32-33-22-16-27(2)24-37(33)42-38(36(32)23-26)25-29-9-3-4-10-31(29)41(42)28-17-19-30(20-18-28)43-39-13-7-5-11-34(39)35-12-6-8-14-40(35)43/h3-25H,1-2H3. The van der Waals surface area contributed by atoms with Crippen LogP contribution >= 0.6 is 0 Å². The monoisotopic (exact) mass is 547 g/mol. The lowest BCUT2D eigenvalue weighted by Gasteiger charge is -2.18. The average Bonchev–Trinajstić information content (AvgIpc) is 3.38. The van der Waals surface area contributed by atoms with Crippen molar-refractivity contribution < 1.29 is 0 Å². The molecule has 0 radical (unpaired) electrons. The Morgan fingerprint density at radius 2 is 0.930 bits per heavy atom. The normalized spacial score (nSPS) is 12.0.